The molecule has 1 atom stereocenters. The molecule has 0 aliphatic carbocycles. The molecule has 4 heteroatoms. The highest BCUT2D eigenvalue weighted by atomic mass is 19.1. The van der Waals surface area contributed by atoms with Crippen molar-refractivity contribution in [3.05, 3.63) is 29.8 Å². The average molecular weight is 281 g/mol. The Bertz CT molecular complexity index is 345. The van der Waals surface area contributed by atoms with E-state index in [-0.39, 0.29) is 11.9 Å². The van der Waals surface area contributed by atoms with E-state index in [9.17, 15) is 4.39 Å². The number of aromatic nitrogens is 1. The molecule has 0 saturated heterocycles. The van der Waals surface area contributed by atoms with Crippen molar-refractivity contribution < 1.29 is 4.39 Å². The molecule has 3 nitrogen and oxygen atoms in total. The predicted octanol–water partition coefficient (Wildman–Crippen LogP) is 3.51. The summed E-state index contributed by atoms with van der Waals surface area (Å²) >= 11 is 0. The van der Waals surface area contributed by atoms with Crippen molar-refractivity contribution in [3.63, 3.8) is 0 Å². The molecule has 0 radical (unpaired) electrons. The lowest BCUT2D eigenvalue weighted by Gasteiger charge is -2.23. The van der Waals surface area contributed by atoms with E-state index in [4.69, 9.17) is 5.73 Å². The monoisotopic (exact) mass is 281 g/mol. The minimum absolute atomic E-state index is 0.110. The molecule has 0 aliphatic rings. The average Bonchev–Trinajstić information content (AvgIpc) is 2.47. The van der Waals surface area contributed by atoms with Crippen LogP contribution in [0.1, 0.15) is 57.7 Å². The Kier molecular flexibility index (Phi) is 8.38. The van der Waals surface area contributed by atoms with Crippen LogP contribution in [0.3, 0.4) is 0 Å². The van der Waals surface area contributed by atoms with Crippen LogP contribution in [0.4, 0.5) is 4.39 Å². The van der Waals surface area contributed by atoms with Gasteiger partial charge in [-0.2, -0.15) is 0 Å². The molecule has 0 amide bonds. The standard InChI is InChI=1S/C16H28FN3/c1-3-5-10-20(11-6-4-2)12-9-15(18)16-8-7-14(17)13-19-16/h7-8,13,15H,3-6,9-12,18H2,1-2H3. The Morgan fingerprint density at radius 2 is 1.80 bits per heavy atom. The first-order valence-electron chi connectivity index (χ1n) is 7.76. The van der Waals surface area contributed by atoms with Gasteiger partial charge in [0.2, 0.25) is 0 Å². The van der Waals surface area contributed by atoms with Crippen LogP contribution in [0.5, 0.6) is 0 Å². The van der Waals surface area contributed by atoms with E-state index in [0.29, 0.717) is 0 Å². The van der Waals surface area contributed by atoms with Gasteiger partial charge in [-0.3, -0.25) is 4.98 Å². The maximum absolute atomic E-state index is 12.8. The van der Waals surface area contributed by atoms with Gasteiger partial charge in [-0.25, -0.2) is 4.39 Å². The van der Waals surface area contributed by atoms with E-state index in [0.717, 1.165) is 31.7 Å². The van der Waals surface area contributed by atoms with Crippen molar-refractivity contribution in [2.45, 2.75) is 52.0 Å². The Morgan fingerprint density at radius 1 is 1.15 bits per heavy atom. The molecule has 0 fully saturated rings. The minimum atomic E-state index is -0.312. The normalized spacial score (nSPS) is 12.8. The Labute approximate surface area is 122 Å². The van der Waals surface area contributed by atoms with Crippen LogP contribution in [0.2, 0.25) is 0 Å². The van der Waals surface area contributed by atoms with Crippen molar-refractivity contribution >= 4 is 0 Å². The molecule has 0 aliphatic heterocycles. The molecule has 1 aromatic heterocycles. The lowest BCUT2D eigenvalue weighted by atomic mass is 10.1. The molecule has 1 unspecified atom stereocenters. The summed E-state index contributed by atoms with van der Waals surface area (Å²) in [5.41, 5.74) is 6.91. The van der Waals surface area contributed by atoms with E-state index in [1.165, 1.54) is 37.9 Å². The third-order valence-corrected chi connectivity index (χ3v) is 3.54. The molecular weight excluding hydrogens is 253 g/mol. The first kappa shape index (κ1) is 17.1. The van der Waals surface area contributed by atoms with Gasteiger partial charge in [0.05, 0.1) is 11.9 Å². The zero-order valence-electron chi connectivity index (χ0n) is 12.8. The highest BCUT2D eigenvalue weighted by Crippen LogP contribution is 2.13. The number of hydrogen-bond donors (Lipinski definition) is 1. The predicted molar refractivity (Wildman–Crippen MR) is 82.0 cm³/mol. The zero-order chi connectivity index (χ0) is 14.8. The van der Waals surface area contributed by atoms with Gasteiger partial charge in [0.25, 0.3) is 0 Å². The van der Waals surface area contributed by atoms with Gasteiger partial charge in [-0.15, -0.1) is 0 Å². The maximum atomic E-state index is 12.8. The number of unbranched alkanes of at least 4 members (excludes halogenated alkanes) is 2. The van der Waals surface area contributed by atoms with Gasteiger partial charge >= 0.3 is 0 Å². The number of rotatable bonds is 10. The second kappa shape index (κ2) is 9.83. The van der Waals surface area contributed by atoms with Gasteiger partial charge in [0, 0.05) is 6.04 Å². The number of nitrogens with two attached hydrogens (primary N) is 1. The molecule has 1 heterocycles. The Morgan fingerprint density at radius 3 is 2.30 bits per heavy atom. The van der Waals surface area contributed by atoms with E-state index in [2.05, 4.69) is 23.7 Å². The van der Waals surface area contributed by atoms with Crippen molar-refractivity contribution in [1.82, 2.24) is 9.88 Å². The SMILES string of the molecule is CCCCN(CCCC)CCC(N)c1ccc(F)cn1. The summed E-state index contributed by atoms with van der Waals surface area (Å²) in [5, 5.41) is 0. The second-order valence-electron chi connectivity index (χ2n) is 5.35. The molecule has 0 saturated carbocycles. The molecule has 20 heavy (non-hydrogen) atoms. The highest BCUT2D eigenvalue weighted by Gasteiger charge is 2.11. The van der Waals surface area contributed by atoms with Crippen molar-refractivity contribution in [1.29, 1.82) is 0 Å². The number of halogens is 1. The van der Waals surface area contributed by atoms with Gasteiger partial charge in [-0.05, 0) is 51.0 Å². The summed E-state index contributed by atoms with van der Waals surface area (Å²) in [4.78, 5) is 6.54. The van der Waals surface area contributed by atoms with E-state index < -0.39 is 0 Å². The quantitative estimate of drug-likeness (QED) is 0.713. The van der Waals surface area contributed by atoms with E-state index in [1.807, 2.05) is 0 Å². The smallest absolute Gasteiger partial charge is 0.141 e. The molecule has 0 spiro atoms. The van der Waals surface area contributed by atoms with Crippen LogP contribution in [0.15, 0.2) is 18.3 Å². The van der Waals surface area contributed by atoms with Gasteiger partial charge in [0.15, 0.2) is 0 Å². The zero-order valence-corrected chi connectivity index (χ0v) is 12.8. The van der Waals surface area contributed by atoms with Crippen LogP contribution >= 0.6 is 0 Å². The fourth-order valence-corrected chi connectivity index (χ4v) is 2.17. The molecule has 1 rings (SSSR count). The maximum Gasteiger partial charge on any atom is 0.141 e. The van der Waals surface area contributed by atoms with E-state index >= 15 is 0 Å². The van der Waals surface area contributed by atoms with Crippen molar-refractivity contribution in [2.24, 2.45) is 5.73 Å². The molecule has 114 valence electrons. The lowest BCUT2D eigenvalue weighted by molar-refractivity contribution is 0.255. The van der Waals surface area contributed by atoms with Gasteiger partial charge in [0.1, 0.15) is 5.82 Å². The van der Waals surface area contributed by atoms with Crippen LogP contribution in [0.25, 0.3) is 0 Å². The Hall–Kier alpha value is -1.00. The first-order valence-corrected chi connectivity index (χ1v) is 7.76. The third-order valence-electron chi connectivity index (χ3n) is 3.54. The fraction of sp³-hybridized carbons (Fsp3) is 0.688. The summed E-state index contributed by atoms with van der Waals surface area (Å²) in [6, 6.07) is 3.00. The summed E-state index contributed by atoms with van der Waals surface area (Å²) in [7, 11) is 0. The molecule has 0 bridgehead atoms. The molecular formula is C16H28FN3. The summed E-state index contributed by atoms with van der Waals surface area (Å²) in [5.74, 6) is -0.312. The second-order valence-corrected chi connectivity index (χ2v) is 5.35. The summed E-state index contributed by atoms with van der Waals surface area (Å²) in [6.07, 6.45) is 7.00. The van der Waals surface area contributed by atoms with Crippen LogP contribution in [-0.2, 0) is 0 Å². The summed E-state index contributed by atoms with van der Waals surface area (Å²) in [6.45, 7) is 7.69. The van der Waals surface area contributed by atoms with Crippen LogP contribution in [-0.4, -0.2) is 29.5 Å². The first-order chi connectivity index (χ1) is 9.67. The third kappa shape index (κ3) is 6.44. The van der Waals surface area contributed by atoms with Crippen LogP contribution < -0.4 is 5.73 Å². The van der Waals surface area contributed by atoms with E-state index in [1.54, 1.807) is 6.07 Å². The fourth-order valence-electron chi connectivity index (χ4n) is 2.17. The number of hydrogen-bond acceptors (Lipinski definition) is 3. The Balaban J connectivity index is 2.41. The minimum Gasteiger partial charge on any atom is -0.323 e. The number of nitrogens with zero attached hydrogens (tertiary/aromatic N) is 2. The van der Waals surface area contributed by atoms with Crippen molar-refractivity contribution in [3.8, 4) is 0 Å². The highest BCUT2D eigenvalue weighted by molar-refractivity contribution is 5.09. The van der Waals surface area contributed by atoms with Gasteiger partial charge in [-0.1, -0.05) is 26.7 Å². The van der Waals surface area contributed by atoms with Crippen molar-refractivity contribution in [2.75, 3.05) is 19.6 Å². The molecule has 2 N–H and O–H groups in total. The van der Waals surface area contributed by atoms with Gasteiger partial charge < -0.3 is 10.6 Å². The largest absolute Gasteiger partial charge is 0.323 e. The molecule has 1 aromatic rings. The lowest BCUT2D eigenvalue weighted by Crippen LogP contribution is -2.29. The number of pyridine rings is 1. The van der Waals surface area contributed by atoms with Crippen LogP contribution in [0, 0.1) is 5.82 Å². The summed E-state index contributed by atoms with van der Waals surface area (Å²) < 4.78 is 12.8. The topological polar surface area (TPSA) is 42.1 Å². The molecule has 0 aromatic carbocycles.